The van der Waals surface area contributed by atoms with E-state index >= 15 is 0 Å². The molecular formula is C25H33N5O6. The molecule has 194 valence electrons. The van der Waals surface area contributed by atoms with E-state index in [0.29, 0.717) is 30.1 Å². The molecule has 0 spiro atoms. The Hall–Kier alpha value is -3.57. The van der Waals surface area contributed by atoms with E-state index in [0.717, 1.165) is 0 Å². The van der Waals surface area contributed by atoms with Crippen LogP contribution in [0.15, 0.2) is 36.8 Å². The predicted octanol–water partition coefficient (Wildman–Crippen LogP) is 1.71. The molecule has 1 aromatic heterocycles. The number of benzene rings is 1. The Balaban J connectivity index is 1.97. The van der Waals surface area contributed by atoms with Crippen LogP contribution < -0.4 is 10.1 Å². The van der Waals surface area contributed by atoms with Crippen molar-refractivity contribution in [2.45, 2.75) is 26.0 Å². The highest BCUT2D eigenvalue weighted by Crippen LogP contribution is 2.27. The maximum absolute atomic E-state index is 13.4. The SMILES string of the molecule is COCC(=O)Nc1ccc2c(c1)OC[C@@H](C)N(C(=O)c1cnccn1)C[C@H](C)[C@@H](OC)CN(C)C2=O. The Morgan fingerprint density at radius 3 is 2.64 bits per heavy atom. The maximum Gasteiger partial charge on any atom is 0.274 e. The molecule has 3 atom stereocenters. The Bertz CT molecular complexity index is 1070. The van der Waals surface area contributed by atoms with Crippen molar-refractivity contribution in [3.63, 3.8) is 0 Å². The molecule has 3 amide bonds. The molecule has 0 unspecified atom stereocenters. The van der Waals surface area contributed by atoms with E-state index < -0.39 is 0 Å². The molecule has 0 bridgehead atoms. The van der Waals surface area contributed by atoms with Gasteiger partial charge in [0.1, 0.15) is 24.7 Å². The summed E-state index contributed by atoms with van der Waals surface area (Å²) in [5.41, 5.74) is 1.03. The lowest BCUT2D eigenvalue weighted by atomic mass is 10.0. The molecule has 0 saturated heterocycles. The topological polar surface area (TPSA) is 123 Å². The van der Waals surface area contributed by atoms with Crippen LogP contribution in [-0.4, -0.2) is 97.2 Å². The number of carbonyl (C=O) groups excluding carboxylic acids is 3. The summed E-state index contributed by atoms with van der Waals surface area (Å²) in [5.74, 6) is -0.646. The van der Waals surface area contributed by atoms with Crippen molar-refractivity contribution in [1.82, 2.24) is 19.8 Å². The average molecular weight is 500 g/mol. The summed E-state index contributed by atoms with van der Waals surface area (Å²) in [4.78, 5) is 50.1. The third-order valence-corrected chi connectivity index (χ3v) is 6.05. The minimum atomic E-state index is -0.369. The van der Waals surface area contributed by atoms with Gasteiger partial charge in [-0.1, -0.05) is 6.92 Å². The fourth-order valence-corrected chi connectivity index (χ4v) is 4.02. The number of hydrogen-bond acceptors (Lipinski definition) is 8. The van der Waals surface area contributed by atoms with E-state index in [9.17, 15) is 14.4 Å². The number of aromatic nitrogens is 2. The summed E-state index contributed by atoms with van der Waals surface area (Å²) in [6.45, 7) is 4.52. The number of hydrogen-bond donors (Lipinski definition) is 1. The zero-order chi connectivity index (χ0) is 26.2. The number of amides is 3. The number of nitrogens with zero attached hydrogens (tertiary/aromatic N) is 4. The van der Waals surface area contributed by atoms with Crippen LogP contribution in [0.1, 0.15) is 34.7 Å². The molecule has 0 aliphatic carbocycles. The molecule has 0 saturated carbocycles. The zero-order valence-electron chi connectivity index (χ0n) is 21.3. The van der Waals surface area contributed by atoms with Crippen LogP contribution in [0.4, 0.5) is 5.69 Å². The summed E-state index contributed by atoms with van der Waals surface area (Å²) in [6.07, 6.45) is 4.10. The minimum absolute atomic E-state index is 0.0920. The highest BCUT2D eigenvalue weighted by Gasteiger charge is 2.31. The largest absolute Gasteiger partial charge is 0.491 e. The van der Waals surface area contributed by atoms with Crippen LogP contribution in [0, 0.1) is 5.92 Å². The predicted molar refractivity (Wildman–Crippen MR) is 132 cm³/mol. The van der Waals surface area contributed by atoms with Crippen molar-refractivity contribution in [3.8, 4) is 5.75 Å². The van der Waals surface area contributed by atoms with Crippen molar-refractivity contribution in [2.24, 2.45) is 5.92 Å². The van der Waals surface area contributed by atoms with Crippen molar-refractivity contribution >= 4 is 23.4 Å². The summed E-state index contributed by atoms with van der Waals surface area (Å²) in [5, 5.41) is 2.72. The van der Waals surface area contributed by atoms with Crippen molar-refractivity contribution < 1.29 is 28.6 Å². The van der Waals surface area contributed by atoms with Gasteiger partial charge >= 0.3 is 0 Å². The van der Waals surface area contributed by atoms with Gasteiger partial charge in [-0.2, -0.15) is 0 Å². The molecule has 0 radical (unpaired) electrons. The van der Waals surface area contributed by atoms with E-state index in [4.69, 9.17) is 14.2 Å². The number of ether oxygens (including phenoxy) is 3. The first-order valence-electron chi connectivity index (χ1n) is 11.7. The summed E-state index contributed by atoms with van der Waals surface area (Å²) < 4.78 is 16.7. The fraction of sp³-hybridized carbons (Fsp3) is 0.480. The molecule has 2 aromatic rings. The first-order chi connectivity index (χ1) is 17.2. The number of likely N-dealkylation sites (N-methyl/N-ethyl adjacent to an activating group) is 1. The molecule has 11 nitrogen and oxygen atoms in total. The van der Waals surface area contributed by atoms with Crippen molar-refractivity contribution in [1.29, 1.82) is 0 Å². The van der Waals surface area contributed by atoms with Crippen molar-refractivity contribution in [2.75, 3.05) is 52.9 Å². The quantitative estimate of drug-likeness (QED) is 0.660. The Labute approximate surface area is 210 Å². The van der Waals surface area contributed by atoms with Gasteiger partial charge in [0.15, 0.2) is 0 Å². The molecule has 1 aromatic carbocycles. The minimum Gasteiger partial charge on any atom is -0.491 e. The van der Waals surface area contributed by atoms with Crippen LogP contribution in [0.3, 0.4) is 0 Å². The lowest BCUT2D eigenvalue weighted by Crippen LogP contribution is -2.48. The second-order valence-electron chi connectivity index (χ2n) is 8.84. The highest BCUT2D eigenvalue weighted by molar-refractivity contribution is 5.98. The number of carbonyl (C=O) groups is 3. The van der Waals surface area contributed by atoms with Gasteiger partial charge in [0.25, 0.3) is 11.8 Å². The van der Waals surface area contributed by atoms with Crippen LogP contribution in [0.2, 0.25) is 0 Å². The zero-order valence-corrected chi connectivity index (χ0v) is 21.3. The van der Waals surface area contributed by atoms with Gasteiger partial charge in [0.2, 0.25) is 5.91 Å². The number of anilines is 1. The molecule has 0 fully saturated rings. The van der Waals surface area contributed by atoms with E-state index in [1.54, 1.807) is 42.2 Å². The highest BCUT2D eigenvalue weighted by atomic mass is 16.5. The lowest BCUT2D eigenvalue weighted by Gasteiger charge is -2.35. The summed E-state index contributed by atoms with van der Waals surface area (Å²) in [7, 11) is 4.71. The Kier molecular flexibility index (Phi) is 9.31. The first kappa shape index (κ1) is 27.0. The molecule has 2 heterocycles. The second-order valence-corrected chi connectivity index (χ2v) is 8.84. The number of methoxy groups -OCH3 is 2. The van der Waals surface area contributed by atoms with Gasteiger partial charge in [-0.3, -0.25) is 19.4 Å². The molecule has 3 rings (SSSR count). The van der Waals surface area contributed by atoms with Crippen LogP contribution >= 0.6 is 0 Å². The van der Waals surface area contributed by atoms with Gasteiger partial charge in [-0.25, -0.2) is 4.98 Å². The smallest absolute Gasteiger partial charge is 0.274 e. The second kappa shape index (κ2) is 12.4. The van der Waals surface area contributed by atoms with E-state index in [2.05, 4.69) is 15.3 Å². The normalized spacial score (nSPS) is 21.0. The monoisotopic (exact) mass is 499 g/mol. The number of nitrogens with one attached hydrogen (secondary N) is 1. The first-order valence-corrected chi connectivity index (χ1v) is 11.7. The average Bonchev–Trinajstić information content (AvgIpc) is 2.88. The van der Waals surface area contributed by atoms with E-state index in [1.165, 1.54) is 25.7 Å². The van der Waals surface area contributed by atoms with Crippen LogP contribution in [0.25, 0.3) is 0 Å². The van der Waals surface area contributed by atoms with Crippen molar-refractivity contribution in [3.05, 3.63) is 48.0 Å². The molecular weight excluding hydrogens is 466 g/mol. The summed E-state index contributed by atoms with van der Waals surface area (Å²) >= 11 is 0. The third kappa shape index (κ3) is 6.55. The Morgan fingerprint density at radius 1 is 1.19 bits per heavy atom. The van der Waals surface area contributed by atoms with Gasteiger partial charge in [-0.05, 0) is 19.1 Å². The number of fused-ring (bicyclic) bond motifs is 1. The molecule has 1 aliphatic rings. The fourth-order valence-electron chi connectivity index (χ4n) is 4.02. The maximum atomic E-state index is 13.4. The lowest BCUT2D eigenvalue weighted by molar-refractivity contribution is -0.119. The third-order valence-electron chi connectivity index (χ3n) is 6.05. The van der Waals surface area contributed by atoms with Gasteiger partial charge in [0, 0.05) is 64.4 Å². The van der Waals surface area contributed by atoms with Gasteiger partial charge in [0.05, 0.1) is 23.9 Å². The van der Waals surface area contributed by atoms with Gasteiger partial charge < -0.3 is 29.3 Å². The molecule has 1 N–H and O–H groups in total. The van der Waals surface area contributed by atoms with Crippen LogP contribution in [0.5, 0.6) is 5.75 Å². The van der Waals surface area contributed by atoms with Crippen LogP contribution in [-0.2, 0) is 14.3 Å². The molecule has 1 aliphatic heterocycles. The molecule has 36 heavy (non-hydrogen) atoms. The Morgan fingerprint density at radius 2 is 1.97 bits per heavy atom. The van der Waals surface area contributed by atoms with E-state index in [-0.39, 0.29) is 54.7 Å². The number of rotatable bonds is 5. The molecule has 11 heteroatoms. The van der Waals surface area contributed by atoms with Gasteiger partial charge in [-0.15, -0.1) is 0 Å². The van der Waals surface area contributed by atoms with E-state index in [1.807, 2.05) is 13.8 Å². The summed E-state index contributed by atoms with van der Waals surface area (Å²) in [6, 6.07) is 4.47. The standard InChI is InChI=1S/C25H33N5O6/c1-16-12-30(25(33)20-11-26-8-9-27-20)17(2)14-36-21-10-18(28-23(31)15-34-4)6-7-19(21)24(32)29(3)13-22(16)35-5/h6-11,16-17,22H,12-15H2,1-5H3,(H,28,31)/t16-,17+,22-/m0/s1.